The van der Waals surface area contributed by atoms with Gasteiger partial charge in [0.15, 0.2) is 0 Å². The molecular formula is C13H25N3O2. The number of hydrogen-bond donors (Lipinski definition) is 2. The quantitative estimate of drug-likeness (QED) is 0.767. The van der Waals surface area contributed by atoms with Crippen LogP contribution in [-0.2, 0) is 9.59 Å². The van der Waals surface area contributed by atoms with Gasteiger partial charge in [0.2, 0.25) is 11.8 Å². The summed E-state index contributed by atoms with van der Waals surface area (Å²) < 4.78 is 0. The second kappa shape index (κ2) is 5.26. The van der Waals surface area contributed by atoms with Crippen LogP contribution in [-0.4, -0.2) is 41.9 Å². The lowest BCUT2D eigenvalue weighted by atomic mass is 9.74. The predicted molar refractivity (Wildman–Crippen MR) is 70.9 cm³/mol. The molecule has 3 N–H and O–H groups in total. The highest BCUT2D eigenvalue weighted by Gasteiger charge is 2.40. The van der Waals surface area contributed by atoms with Crippen LogP contribution in [0.3, 0.4) is 0 Å². The smallest absolute Gasteiger partial charge is 0.241 e. The van der Waals surface area contributed by atoms with Crippen LogP contribution in [0.4, 0.5) is 0 Å². The minimum atomic E-state index is -0.710. The van der Waals surface area contributed by atoms with Crippen LogP contribution in [0.1, 0.15) is 40.5 Å². The Labute approximate surface area is 109 Å². The van der Waals surface area contributed by atoms with Crippen LogP contribution in [0.5, 0.6) is 0 Å². The number of amides is 2. The van der Waals surface area contributed by atoms with Crippen molar-refractivity contribution < 1.29 is 9.59 Å². The van der Waals surface area contributed by atoms with Gasteiger partial charge in [-0.15, -0.1) is 0 Å². The Morgan fingerprint density at radius 3 is 2.11 bits per heavy atom. The first-order valence-corrected chi connectivity index (χ1v) is 6.51. The number of rotatable bonds is 4. The molecule has 0 bridgehead atoms. The van der Waals surface area contributed by atoms with Crippen LogP contribution in [0.25, 0.3) is 0 Å². The fourth-order valence-corrected chi connectivity index (χ4v) is 1.75. The van der Waals surface area contributed by atoms with Gasteiger partial charge >= 0.3 is 0 Å². The first kappa shape index (κ1) is 15.0. The van der Waals surface area contributed by atoms with Gasteiger partial charge in [-0.3, -0.25) is 9.59 Å². The summed E-state index contributed by atoms with van der Waals surface area (Å²) in [6, 6.07) is 0. The van der Waals surface area contributed by atoms with Crippen molar-refractivity contribution in [3.8, 4) is 0 Å². The van der Waals surface area contributed by atoms with Gasteiger partial charge in [-0.05, 0) is 40.5 Å². The Morgan fingerprint density at radius 1 is 1.17 bits per heavy atom. The molecular weight excluding hydrogens is 230 g/mol. The number of nitrogens with one attached hydrogen (secondary N) is 1. The van der Waals surface area contributed by atoms with Gasteiger partial charge in [-0.2, -0.15) is 0 Å². The average molecular weight is 255 g/mol. The predicted octanol–water partition coefficient (Wildman–Crippen LogP) is 0.489. The zero-order valence-corrected chi connectivity index (χ0v) is 11.9. The van der Waals surface area contributed by atoms with E-state index in [0.717, 1.165) is 25.9 Å². The number of nitrogens with two attached hydrogens (primary N) is 1. The van der Waals surface area contributed by atoms with Gasteiger partial charge in [-0.25, -0.2) is 0 Å². The lowest BCUT2D eigenvalue weighted by Crippen LogP contribution is -2.56. The summed E-state index contributed by atoms with van der Waals surface area (Å²) in [4.78, 5) is 25.7. The van der Waals surface area contributed by atoms with Crippen molar-refractivity contribution in [2.45, 2.75) is 46.1 Å². The van der Waals surface area contributed by atoms with Gasteiger partial charge in [0.05, 0.1) is 12.0 Å². The van der Waals surface area contributed by atoms with Crippen LogP contribution >= 0.6 is 0 Å². The topological polar surface area (TPSA) is 75.4 Å². The standard InChI is InChI=1S/C13H25N3O2/c1-12(2,13(3,4)14)11(18)15-9-10(17)16-7-5-6-8-16/h5-9,14H2,1-4H3,(H,15,18). The first-order valence-electron chi connectivity index (χ1n) is 6.51. The second-order valence-electron chi connectivity index (χ2n) is 6.12. The third kappa shape index (κ3) is 3.22. The Morgan fingerprint density at radius 2 is 1.67 bits per heavy atom. The minimum absolute atomic E-state index is 0.00789. The van der Waals surface area contributed by atoms with E-state index in [1.165, 1.54) is 0 Å². The molecule has 1 fully saturated rings. The zero-order valence-electron chi connectivity index (χ0n) is 11.9. The van der Waals surface area contributed by atoms with E-state index in [0.29, 0.717) is 0 Å². The van der Waals surface area contributed by atoms with Crippen molar-refractivity contribution in [2.24, 2.45) is 11.1 Å². The van der Waals surface area contributed by atoms with Crippen molar-refractivity contribution in [1.82, 2.24) is 10.2 Å². The summed E-state index contributed by atoms with van der Waals surface area (Å²) in [6.07, 6.45) is 2.11. The highest BCUT2D eigenvalue weighted by atomic mass is 16.2. The van der Waals surface area contributed by atoms with Crippen molar-refractivity contribution in [3.05, 3.63) is 0 Å². The molecule has 5 nitrogen and oxygen atoms in total. The van der Waals surface area contributed by atoms with Crippen LogP contribution in [0.15, 0.2) is 0 Å². The summed E-state index contributed by atoms with van der Waals surface area (Å²) in [5, 5.41) is 2.70. The first-order chi connectivity index (χ1) is 8.16. The normalized spacial score (nSPS) is 16.8. The van der Waals surface area contributed by atoms with Crippen LogP contribution in [0, 0.1) is 5.41 Å². The van der Waals surface area contributed by atoms with Crippen molar-refractivity contribution in [2.75, 3.05) is 19.6 Å². The molecule has 0 aromatic heterocycles. The maximum Gasteiger partial charge on any atom is 0.241 e. The molecule has 1 rings (SSSR count). The molecule has 2 amide bonds. The SMILES string of the molecule is CC(C)(N)C(C)(C)C(=O)NCC(=O)N1CCCC1. The van der Waals surface area contributed by atoms with E-state index in [4.69, 9.17) is 5.73 Å². The van der Waals surface area contributed by atoms with E-state index in [1.807, 2.05) is 13.8 Å². The molecule has 1 saturated heterocycles. The fourth-order valence-electron chi connectivity index (χ4n) is 1.75. The maximum atomic E-state index is 12.1. The average Bonchev–Trinajstić information content (AvgIpc) is 2.76. The van der Waals surface area contributed by atoms with Crippen molar-refractivity contribution in [3.63, 3.8) is 0 Å². The number of nitrogens with zero attached hydrogens (tertiary/aromatic N) is 1. The maximum absolute atomic E-state index is 12.1. The summed E-state index contributed by atoms with van der Waals surface area (Å²) in [5.41, 5.74) is 4.65. The Bertz CT molecular complexity index is 326. The molecule has 0 saturated carbocycles. The monoisotopic (exact) mass is 255 g/mol. The molecule has 1 aliphatic rings. The largest absolute Gasteiger partial charge is 0.347 e. The van der Waals surface area contributed by atoms with Gasteiger partial charge in [0.1, 0.15) is 0 Å². The van der Waals surface area contributed by atoms with E-state index in [-0.39, 0.29) is 18.4 Å². The molecule has 104 valence electrons. The third-order valence-corrected chi connectivity index (χ3v) is 4.04. The Balaban J connectivity index is 2.48. The summed E-state index contributed by atoms with van der Waals surface area (Å²) in [6.45, 7) is 8.90. The van der Waals surface area contributed by atoms with E-state index < -0.39 is 11.0 Å². The molecule has 0 unspecified atom stereocenters. The van der Waals surface area contributed by atoms with Crippen molar-refractivity contribution in [1.29, 1.82) is 0 Å². The molecule has 0 aliphatic carbocycles. The fraction of sp³-hybridized carbons (Fsp3) is 0.846. The van der Waals surface area contributed by atoms with E-state index in [1.54, 1.807) is 18.7 Å². The molecule has 0 atom stereocenters. The molecule has 1 heterocycles. The van der Waals surface area contributed by atoms with Gasteiger partial charge in [-0.1, -0.05) is 0 Å². The molecule has 0 aromatic carbocycles. The summed E-state index contributed by atoms with van der Waals surface area (Å²) >= 11 is 0. The highest BCUT2D eigenvalue weighted by Crippen LogP contribution is 2.28. The number of likely N-dealkylation sites (tertiary alicyclic amines) is 1. The van der Waals surface area contributed by atoms with Crippen LogP contribution in [0.2, 0.25) is 0 Å². The van der Waals surface area contributed by atoms with Crippen LogP contribution < -0.4 is 11.1 Å². The lowest BCUT2D eigenvalue weighted by molar-refractivity contribution is -0.136. The molecule has 0 spiro atoms. The number of carbonyl (C=O) groups is 2. The molecule has 0 aromatic rings. The Hall–Kier alpha value is -1.10. The third-order valence-electron chi connectivity index (χ3n) is 4.04. The molecule has 18 heavy (non-hydrogen) atoms. The number of carbonyl (C=O) groups excluding carboxylic acids is 2. The van der Waals surface area contributed by atoms with E-state index in [2.05, 4.69) is 5.32 Å². The van der Waals surface area contributed by atoms with Crippen molar-refractivity contribution >= 4 is 11.8 Å². The van der Waals surface area contributed by atoms with Gasteiger partial charge in [0.25, 0.3) is 0 Å². The molecule has 5 heteroatoms. The Kier molecular flexibility index (Phi) is 4.37. The molecule has 0 radical (unpaired) electrons. The zero-order chi connectivity index (χ0) is 14.0. The van der Waals surface area contributed by atoms with E-state index in [9.17, 15) is 9.59 Å². The summed E-state index contributed by atoms with van der Waals surface area (Å²) in [5.74, 6) is -0.186. The highest BCUT2D eigenvalue weighted by molar-refractivity contribution is 5.88. The van der Waals surface area contributed by atoms with Gasteiger partial charge < -0.3 is 16.0 Å². The molecule has 1 aliphatic heterocycles. The van der Waals surface area contributed by atoms with Gasteiger partial charge in [0, 0.05) is 18.6 Å². The number of hydrogen-bond acceptors (Lipinski definition) is 3. The second-order valence-corrected chi connectivity index (χ2v) is 6.12. The summed E-state index contributed by atoms with van der Waals surface area (Å²) in [7, 11) is 0. The minimum Gasteiger partial charge on any atom is -0.347 e. The van der Waals surface area contributed by atoms with E-state index >= 15 is 0 Å². The lowest BCUT2D eigenvalue weighted by Gasteiger charge is -2.36.